The fourth-order valence-electron chi connectivity index (χ4n) is 2.88. The number of unbranched alkanes of at least 4 members (excludes halogenated alkanes) is 1. The van der Waals surface area contributed by atoms with Gasteiger partial charge in [-0.3, -0.25) is 0 Å². The summed E-state index contributed by atoms with van der Waals surface area (Å²) >= 11 is 0. The maximum atomic E-state index is 6.18. The van der Waals surface area contributed by atoms with E-state index < -0.39 is 0 Å². The summed E-state index contributed by atoms with van der Waals surface area (Å²) in [4.78, 5) is 0. The van der Waals surface area contributed by atoms with Crippen LogP contribution in [-0.2, 0) is 9.47 Å². The first-order chi connectivity index (χ1) is 8.79. The van der Waals surface area contributed by atoms with Gasteiger partial charge in [0.15, 0.2) is 0 Å². The van der Waals surface area contributed by atoms with Gasteiger partial charge in [-0.2, -0.15) is 0 Å². The fourth-order valence-corrected chi connectivity index (χ4v) is 2.88. The lowest BCUT2D eigenvalue weighted by atomic mass is 9.83. The second-order valence-electron chi connectivity index (χ2n) is 5.26. The summed E-state index contributed by atoms with van der Waals surface area (Å²) in [6, 6.07) is 0.487. The number of rotatable bonds is 9. The molecule has 0 amide bonds. The lowest BCUT2D eigenvalue weighted by Crippen LogP contribution is -2.55. The molecular weight excluding hydrogens is 226 g/mol. The van der Waals surface area contributed by atoms with Crippen LogP contribution in [0.3, 0.4) is 0 Å². The average molecular weight is 257 g/mol. The highest BCUT2D eigenvalue weighted by molar-refractivity contribution is 4.95. The molecule has 0 aromatic heterocycles. The molecule has 18 heavy (non-hydrogen) atoms. The SMILES string of the molecule is CCCCC(NCCC)C1(OCC)CCOCC1. The summed E-state index contributed by atoms with van der Waals surface area (Å²) in [6.45, 7) is 10.2. The van der Waals surface area contributed by atoms with E-state index in [0.717, 1.165) is 39.2 Å². The second kappa shape index (κ2) is 8.89. The van der Waals surface area contributed by atoms with Gasteiger partial charge in [0, 0.05) is 38.7 Å². The maximum absolute atomic E-state index is 6.18. The van der Waals surface area contributed by atoms with E-state index in [9.17, 15) is 0 Å². The summed E-state index contributed by atoms with van der Waals surface area (Å²) in [5.74, 6) is 0. The molecule has 0 saturated carbocycles. The molecular formula is C15H31NO2. The minimum atomic E-state index is 0.0113. The largest absolute Gasteiger partial charge is 0.381 e. The summed E-state index contributed by atoms with van der Waals surface area (Å²) in [6.07, 6.45) is 7.00. The van der Waals surface area contributed by atoms with Crippen molar-refractivity contribution in [2.24, 2.45) is 0 Å². The summed E-state index contributed by atoms with van der Waals surface area (Å²) < 4.78 is 11.7. The van der Waals surface area contributed by atoms with Crippen LogP contribution in [0.25, 0.3) is 0 Å². The number of ether oxygens (including phenoxy) is 2. The Morgan fingerprint density at radius 2 is 1.89 bits per heavy atom. The van der Waals surface area contributed by atoms with Crippen molar-refractivity contribution < 1.29 is 9.47 Å². The van der Waals surface area contributed by atoms with Gasteiger partial charge in [-0.05, 0) is 26.3 Å². The molecule has 1 rings (SSSR count). The van der Waals surface area contributed by atoms with Crippen LogP contribution < -0.4 is 5.32 Å². The van der Waals surface area contributed by atoms with Crippen LogP contribution in [0.4, 0.5) is 0 Å². The predicted octanol–water partition coefficient (Wildman–Crippen LogP) is 3.13. The first-order valence-electron chi connectivity index (χ1n) is 7.74. The molecule has 1 fully saturated rings. The first kappa shape index (κ1) is 15.9. The van der Waals surface area contributed by atoms with Crippen molar-refractivity contribution >= 4 is 0 Å². The number of hydrogen-bond donors (Lipinski definition) is 1. The third-order valence-electron chi connectivity index (χ3n) is 3.89. The third kappa shape index (κ3) is 4.52. The Hall–Kier alpha value is -0.120. The first-order valence-corrected chi connectivity index (χ1v) is 7.74. The van der Waals surface area contributed by atoms with E-state index >= 15 is 0 Å². The van der Waals surface area contributed by atoms with Crippen LogP contribution in [0.1, 0.15) is 59.3 Å². The van der Waals surface area contributed by atoms with E-state index in [2.05, 4.69) is 26.1 Å². The van der Waals surface area contributed by atoms with Crippen molar-refractivity contribution in [2.45, 2.75) is 70.9 Å². The molecule has 3 nitrogen and oxygen atoms in total. The van der Waals surface area contributed by atoms with Gasteiger partial charge >= 0.3 is 0 Å². The van der Waals surface area contributed by atoms with Crippen LogP contribution >= 0.6 is 0 Å². The molecule has 1 aliphatic rings. The third-order valence-corrected chi connectivity index (χ3v) is 3.89. The molecule has 0 aromatic carbocycles. The molecule has 1 unspecified atom stereocenters. The van der Waals surface area contributed by atoms with Crippen molar-refractivity contribution in [1.29, 1.82) is 0 Å². The lowest BCUT2D eigenvalue weighted by Gasteiger charge is -2.43. The Kier molecular flexibility index (Phi) is 7.87. The Bertz CT molecular complexity index is 189. The van der Waals surface area contributed by atoms with Crippen molar-refractivity contribution in [3.63, 3.8) is 0 Å². The van der Waals surface area contributed by atoms with E-state index in [-0.39, 0.29) is 5.60 Å². The lowest BCUT2D eigenvalue weighted by molar-refractivity contribution is -0.128. The standard InChI is InChI=1S/C15H31NO2/c1-4-7-8-14(16-11-5-2)15(18-6-3)9-12-17-13-10-15/h14,16H,4-13H2,1-3H3. The minimum absolute atomic E-state index is 0.0113. The highest BCUT2D eigenvalue weighted by atomic mass is 16.5. The van der Waals surface area contributed by atoms with Gasteiger partial charge in [0.05, 0.1) is 5.60 Å². The molecule has 1 atom stereocenters. The van der Waals surface area contributed by atoms with Gasteiger partial charge < -0.3 is 14.8 Å². The Labute approximate surface area is 113 Å². The Morgan fingerprint density at radius 1 is 1.17 bits per heavy atom. The highest BCUT2D eigenvalue weighted by Crippen LogP contribution is 2.31. The monoisotopic (exact) mass is 257 g/mol. The van der Waals surface area contributed by atoms with E-state index in [1.54, 1.807) is 0 Å². The molecule has 0 radical (unpaired) electrons. The topological polar surface area (TPSA) is 30.5 Å². The molecule has 0 spiro atoms. The normalized spacial score (nSPS) is 20.8. The van der Waals surface area contributed by atoms with Crippen LogP contribution in [-0.4, -0.2) is 38.0 Å². The highest BCUT2D eigenvalue weighted by Gasteiger charge is 2.40. The predicted molar refractivity (Wildman–Crippen MR) is 76.0 cm³/mol. The summed E-state index contributed by atoms with van der Waals surface area (Å²) in [5, 5.41) is 3.72. The minimum Gasteiger partial charge on any atom is -0.381 e. The quantitative estimate of drug-likeness (QED) is 0.688. The molecule has 108 valence electrons. The summed E-state index contributed by atoms with van der Waals surface area (Å²) in [7, 11) is 0. The Morgan fingerprint density at radius 3 is 2.44 bits per heavy atom. The van der Waals surface area contributed by atoms with E-state index in [0.29, 0.717) is 6.04 Å². The van der Waals surface area contributed by atoms with Crippen molar-refractivity contribution in [3.05, 3.63) is 0 Å². The smallest absolute Gasteiger partial charge is 0.0878 e. The zero-order chi connectivity index (χ0) is 13.3. The maximum Gasteiger partial charge on any atom is 0.0878 e. The van der Waals surface area contributed by atoms with Crippen molar-refractivity contribution in [1.82, 2.24) is 5.32 Å². The van der Waals surface area contributed by atoms with Crippen LogP contribution in [0.2, 0.25) is 0 Å². The van der Waals surface area contributed by atoms with Crippen molar-refractivity contribution in [2.75, 3.05) is 26.4 Å². The molecule has 1 heterocycles. The second-order valence-corrected chi connectivity index (χ2v) is 5.26. The van der Waals surface area contributed by atoms with E-state index in [4.69, 9.17) is 9.47 Å². The van der Waals surface area contributed by atoms with Crippen LogP contribution in [0, 0.1) is 0 Å². The van der Waals surface area contributed by atoms with Gasteiger partial charge in [0.2, 0.25) is 0 Å². The van der Waals surface area contributed by atoms with Crippen molar-refractivity contribution in [3.8, 4) is 0 Å². The van der Waals surface area contributed by atoms with E-state index in [1.165, 1.54) is 25.7 Å². The number of nitrogens with one attached hydrogen (secondary N) is 1. The number of hydrogen-bond acceptors (Lipinski definition) is 3. The fraction of sp³-hybridized carbons (Fsp3) is 1.00. The van der Waals surface area contributed by atoms with Crippen LogP contribution in [0.5, 0.6) is 0 Å². The molecule has 3 heteroatoms. The molecule has 0 aliphatic carbocycles. The summed E-state index contributed by atoms with van der Waals surface area (Å²) in [5.41, 5.74) is 0.0113. The molecule has 0 bridgehead atoms. The van der Waals surface area contributed by atoms with Gasteiger partial charge in [0.25, 0.3) is 0 Å². The zero-order valence-electron chi connectivity index (χ0n) is 12.5. The average Bonchev–Trinajstić information content (AvgIpc) is 2.40. The molecule has 0 aromatic rings. The van der Waals surface area contributed by atoms with Gasteiger partial charge in [-0.15, -0.1) is 0 Å². The van der Waals surface area contributed by atoms with Gasteiger partial charge in [-0.25, -0.2) is 0 Å². The Balaban J connectivity index is 2.67. The van der Waals surface area contributed by atoms with Gasteiger partial charge in [0.1, 0.15) is 0 Å². The zero-order valence-corrected chi connectivity index (χ0v) is 12.5. The van der Waals surface area contributed by atoms with E-state index in [1.807, 2.05) is 0 Å². The van der Waals surface area contributed by atoms with Crippen LogP contribution in [0.15, 0.2) is 0 Å². The molecule has 1 saturated heterocycles. The molecule has 1 aliphatic heterocycles. The molecule has 1 N–H and O–H groups in total. The van der Waals surface area contributed by atoms with Gasteiger partial charge in [-0.1, -0.05) is 26.7 Å².